The van der Waals surface area contributed by atoms with E-state index >= 15 is 0 Å². The average Bonchev–Trinajstić information content (AvgIpc) is 3.07. The van der Waals surface area contributed by atoms with Gasteiger partial charge in [0.25, 0.3) is 0 Å². The van der Waals surface area contributed by atoms with Crippen molar-refractivity contribution in [3.8, 4) is 17.3 Å². The van der Waals surface area contributed by atoms with Gasteiger partial charge in [-0.15, -0.1) is 0 Å². The van der Waals surface area contributed by atoms with Crippen LogP contribution in [0.1, 0.15) is 39.0 Å². The van der Waals surface area contributed by atoms with Crippen LogP contribution in [0.5, 0.6) is 0 Å². The molecule has 0 amide bonds. The van der Waals surface area contributed by atoms with E-state index < -0.39 is 6.37 Å². The van der Waals surface area contributed by atoms with E-state index in [9.17, 15) is 5.26 Å². The topological polar surface area (TPSA) is 40.8 Å². The number of fused-ring (bicyclic) bond motifs is 3. The number of benzene rings is 2. The molecule has 0 spiro atoms. The number of hydrogen-bond acceptors (Lipinski definition) is 2. The standard InChI is InChI=1S/C25H25N2O/c1-15(2)10-19-11-17(4)27(5)21(12-19)24-16(3)6-9-22-25(24)20-8-7-18(14-26)13-23(20)28-22/h6-9,11-13,15H,10H2,1-5H3/q+1/i10D2. The van der Waals surface area contributed by atoms with Crippen LogP contribution in [0, 0.1) is 31.1 Å². The van der Waals surface area contributed by atoms with E-state index in [1.54, 1.807) is 6.07 Å². The zero-order valence-electron chi connectivity index (χ0n) is 18.9. The summed E-state index contributed by atoms with van der Waals surface area (Å²) in [6.45, 7) is 7.89. The predicted molar refractivity (Wildman–Crippen MR) is 113 cm³/mol. The molecule has 0 aliphatic heterocycles. The van der Waals surface area contributed by atoms with Crippen molar-refractivity contribution in [2.24, 2.45) is 13.0 Å². The number of hydrogen-bond donors (Lipinski definition) is 0. The second kappa shape index (κ2) is 6.80. The van der Waals surface area contributed by atoms with Crippen molar-refractivity contribution >= 4 is 21.9 Å². The highest BCUT2D eigenvalue weighted by molar-refractivity contribution is 6.12. The van der Waals surface area contributed by atoms with Gasteiger partial charge in [0, 0.05) is 32.6 Å². The van der Waals surface area contributed by atoms with Crippen LogP contribution < -0.4 is 4.57 Å². The zero-order chi connectivity index (χ0) is 21.8. The quantitative estimate of drug-likeness (QED) is 0.429. The van der Waals surface area contributed by atoms with Crippen LogP contribution in [-0.2, 0) is 13.4 Å². The molecule has 0 atom stereocenters. The Labute approximate surface area is 168 Å². The molecule has 0 N–H and O–H groups in total. The minimum Gasteiger partial charge on any atom is -0.456 e. The number of rotatable bonds is 3. The maximum atomic E-state index is 9.24. The number of aryl methyl sites for hydroxylation is 2. The Morgan fingerprint density at radius 3 is 2.61 bits per heavy atom. The van der Waals surface area contributed by atoms with Crippen molar-refractivity contribution in [2.75, 3.05) is 0 Å². The van der Waals surface area contributed by atoms with E-state index in [4.69, 9.17) is 7.16 Å². The fraction of sp³-hybridized carbons (Fsp3) is 0.280. The SMILES string of the molecule is [2H]C([2H])(c1cc(C)[n+](C)c(-c2c(C)ccc3oc4cc(C#N)ccc4c23)c1)C(C)C. The highest BCUT2D eigenvalue weighted by Crippen LogP contribution is 2.38. The Hall–Kier alpha value is -3.12. The van der Waals surface area contributed by atoms with Crippen molar-refractivity contribution < 1.29 is 11.7 Å². The van der Waals surface area contributed by atoms with E-state index in [2.05, 4.69) is 17.6 Å². The van der Waals surface area contributed by atoms with E-state index in [0.29, 0.717) is 16.7 Å². The van der Waals surface area contributed by atoms with Gasteiger partial charge >= 0.3 is 0 Å². The summed E-state index contributed by atoms with van der Waals surface area (Å²) in [6, 6.07) is 15.6. The summed E-state index contributed by atoms with van der Waals surface area (Å²) < 4.78 is 25.4. The molecular weight excluding hydrogens is 344 g/mol. The zero-order valence-corrected chi connectivity index (χ0v) is 16.9. The first-order chi connectivity index (χ1) is 14.1. The molecule has 0 saturated heterocycles. The van der Waals surface area contributed by atoms with Gasteiger partial charge in [-0.2, -0.15) is 9.83 Å². The Bertz CT molecular complexity index is 1340. The fourth-order valence-corrected chi connectivity index (χ4v) is 3.83. The molecule has 2 aromatic heterocycles. The van der Waals surface area contributed by atoms with Gasteiger partial charge in [-0.05, 0) is 54.6 Å². The molecule has 28 heavy (non-hydrogen) atoms. The first-order valence-electron chi connectivity index (χ1n) is 10.5. The summed E-state index contributed by atoms with van der Waals surface area (Å²) in [7, 11) is 2.01. The van der Waals surface area contributed by atoms with Crippen LogP contribution in [0.3, 0.4) is 0 Å². The second-order valence-corrected chi connectivity index (χ2v) is 7.68. The summed E-state index contributed by atoms with van der Waals surface area (Å²) >= 11 is 0. The van der Waals surface area contributed by atoms with Crippen LogP contribution in [0.2, 0.25) is 0 Å². The molecule has 4 rings (SSSR count). The van der Waals surface area contributed by atoms with E-state index in [1.807, 2.05) is 64.2 Å². The smallest absolute Gasteiger partial charge is 0.213 e. The Balaban J connectivity index is 2.10. The average molecular weight is 372 g/mol. The third-order valence-electron chi connectivity index (χ3n) is 5.23. The predicted octanol–water partition coefficient (Wildman–Crippen LogP) is 5.76. The monoisotopic (exact) mass is 371 g/mol. The van der Waals surface area contributed by atoms with Crippen LogP contribution in [0.25, 0.3) is 33.2 Å². The van der Waals surface area contributed by atoms with Crippen LogP contribution in [0.15, 0.2) is 46.9 Å². The van der Waals surface area contributed by atoms with Gasteiger partial charge in [-0.25, -0.2) is 0 Å². The molecule has 3 heteroatoms. The number of aromatic nitrogens is 1. The fourth-order valence-electron chi connectivity index (χ4n) is 3.83. The van der Waals surface area contributed by atoms with Crippen molar-refractivity contribution in [1.29, 1.82) is 5.26 Å². The molecule has 2 aromatic carbocycles. The molecule has 3 nitrogen and oxygen atoms in total. The molecule has 0 fully saturated rings. The maximum absolute atomic E-state index is 9.24. The van der Waals surface area contributed by atoms with Crippen LogP contribution in [0.4, 0.5) is 0 Å². The summed E-state index contributed by atoms with van der Waals surface area (Å²) in [5.41, 5.74) is 6.74. The molecule has 2 heterocycles. The molecule has 0 radical (unpaired) electrons. The van der Waals surface area contributed by atoms with E-state index in [1.165, 1.54) is 0 Å². The van der Waals surface area contributed by atoms with Gasteiger partial charge in [-0.1, -0.05) is 19.9 Å². The Morgan fingerprint density at radius 2 is 1.89 bits per heavy atom. The maximum Gasteiger partial charge on any atom is 0.213 e. The molecule has 0 aliphatic rings. The minimum absolute atomic E-state index is 0.145. The van der Waals surface area contributed by atoms with Crippen molar-refractivity contribution in [2.45, 2.75) is 34.1 Å². The molecule has 0 bridgehead atoms. The summed E-state index contributed by atoms with van der Waals surface area (Å²) in [5.74, 6) is -0.145. The third kappa shape index (κ3) is 2.96. The molecule has 4 aromatic rings. The lowest BCUT2D eigenvalue weighted by molar-refractivity contribution is -0.666. The van der Waals surface area contributed by atoms with Gasteiger partial charge in [0.15, 0.2) is 5.69 Å². The van der Waals surface area contributed by atoms with Gasteiger partial charge in [0.2, 0.25) is 5.69 Å². The van der Waals surface area contributed by atoms with Gasteiger partial charge in [0.05, 0.1) is 17.2 Å². The molecular formula is C25H25N2O+. The van der Waals surface area contributed by atoms with E-state index in [0.717, 1.165) is 38.9 Å². The van der Waals surface area contributed by atoms with Crippen molar-refractivity contribution in [3.05, 3.63) is 64.8 Å². The number of furan rings is 1. The highest BCUT2D eigenvalue weighted by atomic mass is 16.3. The Kier molecular flexibility index (Phi) is 3.86. The van der Waals surface area contributed by atoms with E-state index in [-0.39, 0.29) is 5.92 Å². The Morgan fingerprint density at radius 1 is 1.11 bits per heavy atom. The largest absolute Gasteiger partial charge is 0.456 e. The van der Waals surface area contributed by atoms with Crippen LogP contribution >= 0.6 is 0 Å². The normalized spacial score (nSPS) is 13.0. The lowest BCUT2D eigenvalue weighted by atomic mass is 9.95. The number of nitrogens with zero attached hydrogens (tertiary/aromatic N) is 2. The second-order valence-electron chi connectivity index (χ2n) is 7.68. The summed E-state index contributed by atoms with van der Waals surface area (Å²) in [5, 5.41) is 11.2. The van der Waals surface area contributed by atoms with Gasteiger partial charge in [-0.3, -0.25) is 0 Å². The minimum atomic E-state index is -1.43. The lowest BCUT2D eigenvalue weighted by Crippen LogP contribution is -2.35. The molecule has 140 valence electrons. The van der Waals surface area contributed by atoms with Crippen LogP contribution in [-0.4, -0.2) is 0 Å². The first-order valence-corrected chi connectivity index (χ1v) is 9.52. The lowest BCUT2D eigenvalue weighted by Gasteiger charge is -2.11. The molecule has 0 unspecified atom stereocenters. The van der Waals surface area contributed by atoms with Crippen molar-refractivity contribution in [1.82, 2.24) is 0 Å². The van der Waals surface area contributed by atoms with Gasteiger partial charge < -0.3 is 4.42 Å². The molecule has 0 aliphatic carbocycles. The summed E-state index contributed by atoms with van der Waals surface area (Å²) in [6.07, 6.45) is -1.43. The van der Waals surface area contributed by atoms with Crippen molar-refractivity contribution in [3.63, 3.8) is 0 Å². The van der Waals surface area contributed by atoms with Gasteiger partial charge in [0.1, 0.15) is 18.2 Å². The number of nitriles is 1. The summed E-state index contributed by atoms with van der Waals surface area (Å²) in [4.78, 5) is 0. The highest BCUT2D eigenvalue weighted by Gasteiger charge is 2.22. The molecule has 0 saturated carbocycles. The third-order valence-corrected chi connectivity index (χ3v) is 5.23. The first kappa shape index (κ1) is 15.9. The number of pyridine rings is 1.